The van der Waals surface area contributed by atoms with Crippen molar-refractivity contribution in [2.75, 3.05) is 16.8 Å². The van der Waals surface area contributed by atoms with Crippen LogP contribution in [-0.4, -0.2) is 17.4 Å². The lowest BCUT2D eigenvalue weighted by molar-refractivity contribution is 0.102. The Balaban J connectivity index is 1.73. The number of aryl methyl sites for hydroxylation is 1. The van der Waals surface area contributed by atoms with Gasteiger partial charge in [0.05, 0.1) is 4.58 Å². The number of rotatable bonds is 3. The molecule has 1 fully saturated rings. The third-order valence-corrected chi connectivity index (χ3v) is 6.54. The summed E-state index contributed by atoms with van der Waals surface area (Å²) in [4.78, 5) is 12.3. The highest BCUT2D eigenvalue weighted by atomic mass is 32.2. The highest BCUT2D eigenvalue weighted by molar-refractivity contribution is 8.16. The highest BCUT2D eigenvalue weighted by Gasteiger charge is 2.17. The Morgan fingerprint density at radius 3 is 2.64 bits per heavy atom. The van der Waals surface area contributed by atoms with E-state index in [4.69, 9.17) is 0 Å². The van der Waals surface area contributed by atoms with Crippen molar-refractivity contribution in [3.05, 3.63) is 65.2 Å². The lowest BCUT2D eigenvalue weighted by Gasteiger charge is -2.21. The van der Waals surface area contributed by atoms with E-state index < -0.39 is 0 Å². The van der Waals surface area contributed by atoms with E-state index in [-0.39, 0.29) is 5.91 Å². The molecular weight excluding hydrogens is 310 g/mol. The van der Waals surface area contributed by atoms with Crippen molar-refractivity contribution in [2.24, 2.45) is 0 Å². The van der Waals surface area contributed by atoms with Crippen molar-refractivity contribution in [3.8, 4) is 0 Å². The van der Waals surface area contributed by atoms with Gasteiger partial charge in [-0.25, -0.2) is 0 Å². The summed E-state index contributed by atoms with van der Waals surface area (Å²) in [5.41, 5.74) is 3.95. The molecule has 4 heteroatoms. The van der Waals surface area contributed by atoms with E-state index in [9.17, 15) is 4.79 Å². The normalized spacial score (nSPS) is 15.5. The number of nitrogens with one attached hydrogen (secondary N) is 1. The zero-order chi connectivity index (χ0) is 15.4. The molecule has 1 saturated heterocycles. The van der Waals surface area contributed by atoms with Crippen molar-refractivity contribution in [3.63, 3.8) is 0 Å². The molecular formula is C18H19NOS2. The van der Waals surface area contributed by atoms with Crippen LogP contribution in [0.4, 0.5) is 5.69 Å². The predicted molar refractivity (Wildman–Crippen MR) is 97.8 cm³/mol. The maximum Gasteiger partial charge on any atom is 0.255 e. The number of amides is 1. The molecule has 2 aromatic rings. The van der Waals surface area contributed by atoms with Gasteiger partial charge in [-0.2, -0.15) is 0 Å². The maximum absolute atomic E-state index is 12.3. The number of hydrogen-bond acceptors (Lipinski definition) is 3. The van der Waals surface area contributed by atoms with Gasteiger partial charge >= 0.3 is 0 Å². The van der Waals surface area contributed by atoms with E-state index in [1.54, 1.807) is 0 Å². The third-order valence-electron chi connectivity index (χ3n) is 3.52. The van der Waals surface area contributed by atoms with Crippen LogP contribution in [-0.2, 0) is 0 Å². The minimum absolute atomic E-state index is 0.0511. The summed E-state index contributed by atoms with van der Waals surface area (Å²) in [5.74, 6) is 2.39. The van der Waals surface area contributed by atoms with Gasteiger partial charge in [0.2, 0.25) is 0 Å². The molecule has 114 valence electrons. The van der Waals surface area contributed by atoms with Crippen LogP contribution in [0.5, 0.6) is 0 Å². The molecule has 0 saturated carbocycles. The Morgan fingerprint density at radius 2 is 1.86 bits per heavy atom. The van der Waals surface area contributed by atoms with Crippen molar-refractivity contribution < 1.29 is 4.79 Å². The second-order valence-electron chi connectivity index (χ2n) is 5.38. The molecule has 0 aliphatic carbocycles. The van der Waals surface area contributed by atoms with Gasteiger partial charge in [0.25, 0.3) is 5.91 Å². The standard InChI is InChI=1S/C18H19NOS2/c1-13-5-2-6-14(11-13)17(20)19-16-8-3-7-15(12-16)18-21-9-4-10-22-18/h2-3,5-8,11-12,18H,4,9-10H2,1H3,(H,19,20). The molecule has 1 N–H and O–H groups in total. The lowest BCUT2D eigenvalue weighted by Crippen LogP contribution is -2.12. The molecule has 1 aliphatic heterocycles. The molecule has 1 aliphatic rings. The number of benzene rings is 2. The van der Waals surface area contributed by atoms with Gasteiger partial charge in [-0.05, 0) is 54.7 Å². The largest absolute Gasteiger partial charge is 0.322 e. The molecule has 0 bridgehead atoms. The van der Waals surface area contributed by atoms with Gasteiger partial charge in [0, 0.05) is 11.3 Å². The van der Waals surface area contributed by atoms with E-state index >= 15 is 0 Å². The van der Waals surface area contributed by atoms with E-state index in [0.717, 1.165) is 11.3 Å². The van der Waals surface area contributed by atoms with Gasteiger partial charge in [0.15, 0.2) is 0 Å². The number of carbonyl (C=O) groups is 1. The number of anilines is 1. The van der Waals surface area contributed by atoms with Crippen LogP contribution >= 0.6 is 23.5 Å². The Labute approximate surface area is 140 Å². The Morgan fingerprint density at radius 1 is 1.09 bits per heavy atom. The molecule has 0 atom stereocenters. The first-order chi connectivity index (χ1) is 10.7. The molecule has 0 unspecified atom stereocenters. The third kappa shape index (κ3) is 3.87. The zero-order valence-corrected chi connectivity index (χ0v) is 14.2. The fourth-order valence-electron chi connectivity index (χ4n) is 2.43. The summed E-state index contributed by atoms with van der Waals surface area (Å²) in [6.07, 6.45) is 1.29. The molecule has 1 heterocycles. The van der Waals surface area contributed by atoms with Gasteiger partial charge in [0.1, 0.15) is 0 Å². The summed E-state index contributed by atoms with van der Waals surface area (Å²) in [6.45, 7) is 1.99. The van der Waals surface area contributed by atoms with E-state index in [0.29, 0.717) is 10.1 Å². The fourth-order valence-corrected chi connectivity index (χ4v) is 5.31. The minimum atomic E-state index is -0.0511. The molecule has 22 heavy (non-hydrogen) atoms. The molecule has 0 radical (unpaired) electrons. The summed E-state index contributed by atoms with van der Waals surface area (Å²) < 4.78 is 0.490. The Bertz CT molecular complexity index is 666. The zero-order valence-electron chi connectivity index (χ0n) is 12.5. The van der Waals surface area contributed by atoms with Crippen LogP contribution in [0.1, 0.15) is 32.5 Å². The quantitative estimate of drug-likeness (QED) is 0.848. The van der Waals surface area contributed by atoms with Crippen molar-refractivity contribution in [1.29, 1.82) is 0 Å². The highest BCUT2D eigenvalue weighted by Crippen LogP contribution is 2.44. The molecule has 3 rings (SSSR count). The average molecular weight is 329 g/mol. The number of hydrogen-bond donors (Lipinski definition) is 1. The summed E-state index contributed by atoms with van der Waals surface area (Å²) in [6, 6.07) is 15.9. The number of carbonyl (C=O) groups excluding carboxylic acids is 1. The van der Waals surface area contributed by atoms with Crippen LogP contribution in [0.3, 0.4) is 0 Å². The summed E-state index contributed by atoms with van der Waals surface area (Å²) in [7, 11) is 0. The Kier molecular flexibility index (Phi) is 5.11. The van der Waals surface area contributed by atoms with E-state index in [1.807, 2.05) is 66.8 Å². The van der Waals surface area contributed by atoms with Crippen LogP contribution in [0.25, 0.3) is 0 Å². The van der Waals surface area contributed by atoms with E-state index in [2.05, 4.69) is 17.4 Å². The molecule has 0 spiro atoms. The summed E-state index contributed by atoms with van der Waals surface area (Å²) in [5, 5.41) is 3.01. The maximum atomic E-state index is 12.3. The van der Waals surface area contributed by atoms with Crippen molar-refractivity contribution >= 4 is 35.1 Å². The summed E-state index contributed by atoms with van der Waals surface area (Å²) >= 11 is 3.98. The monoisotopic (exact) mass is 329 g/mol. The molecule has 1 amide bonds. The second kappa shape index (κ2) is 7.25. The van der Waals surface area contributed by atoms with Crippen molar-refractivity contribution in [2.45, 2.75) is 17.9 Å². The Hall–Kier alpha value is -1.39. The first-order valence-corrected chi connectivity index (χ1v) is 9.53. The SMILES string of the molecule is Cc1cccc(C(=O)Nc2cccc(C3SCCCS3)c2)c1. The van der Waals surface area contributed by atoms with Crippen LogP contribution < -0.4 is 5.32 Å². The van der Waals surface area contributed by atoms with Crippen LogP contribution in [0, 0.1) is 6.92 Å². The van der Waals surface area contributed by atoms with Gasteiger partial charge in [-0.3, -0.25) is 4.79 Å². The average Bonchev–Trinajstić information content (AvgIpc) is 2.56. The molecule has 0 aromatic heterocycles. The van der Waals surface area contributed by atoms with Crippen molar-refractivity contribution in [1.82, 2.24) is 0 Å². The smallest absolute Gasteiger partial charge is 0.255 e. The van der Waals surface area contributed by atoms with Crippen LogP contribution in [0.2, 0.25) is 0 Å². The molecule has 2 aromatic carbocycles. The topological polar surface area (TPSA) is 29.1 Å². The first-order valence-electron chi connectivity index (χ1n) is 7.43. The van der Waals surface area contributed by atoms with Gasteiger partial charge in [-0.15, -0.1) is 23.5 Å². The van der Waals surface area contributed by atoms with Crippen LogP contribution in [0.15, 0.2) is 48.5 Å². The lowest BCUT2D eigenvalue weighted by atomic mass is 10.1. The van der Waals surface area contributed by atoms with Gasteiger partial charge < -0.3 is 5.32 Å². The first kappa shape index (κ1) is 15.5. The number of thioether (sulfide) groups is 2. The molecule has 2 nitrogen and oxygen atoms in total. The van der Waals surface area contributed by atoms with Gasteiger partial charge in [-0.1, -0.05) is 29.8 Å². The minimum Gasteiger partial charge on any atom is -0.322 e. The second-order valence-corrected chi connectivity index (χ2v) is 8.10. The predicted octanol–water partition coefficient (Wildman–Crippen LogP) is 5.12. The fraction of sp³-hybridized carbons (Fsp3) is 0.278. The van der Waals surface area contributed by atoms with E-state index in [1.165, 1.54) is 23.5 Å².